The molecule has 0 atom stereocenters. The SMILES string of the molecule is Cl.Cl.Cl.NCC1CCN(Cc2cccnc2)CC1. The minimum atomic E-state index is 0. The molecule has 1 aliphatic heterocycles. The molecular weight excluding hydrogens is 293 g/mol. The summed E-state index contributed by atoms with van der Waals surface area (Å²) in [6.07, 6.45) is 6.27. The van der Waals surface area contributed by atoms with Gasteiger partial charge in [-0.15, -0.1) is 37.2 Å². The van der Waals surface area contributed by atoms with Crippen LogP contribution in [0.15, 0.2) is 24.5 Å². The first-order valence-corrected chi connectivity index (χ1v) is 5.70. The number of pyridine rings is 1. The highest BCUT2D eigenvalue weighted by Gasteiger charge is 2.17. The summed E-state index contributed by atoms with van der Waals surface area (Å²) in [6.45, 7) is 4.24. The standard InChI is InChI=1S/C12H19N3.3ClH/c13-8-11-3-6-15(7-4-11)10-12-2-1-5-14-9-12;;;/h1-2,5,9,11H,3-4,6-8,10,13H2;3*1H. The lowest BCUT2D eigenvalue weighted by Crippen LogP contribution is -2.35. The molecule has 1 fully saturated rings. The third-order valence-electron chi connectivity index (χ3n) is 3.17. The fraction of sp³-hybridized carbons (Fsp3) is 0.583. The van der Waals surface area contributed by atoms with Crippen molar-refractivity contribution < 1.29 is 0 Å². The zero-order valence-corrected chi connectivity index (χ0v) is 12.8. The number of likely N-dealkylation sites (tertiary alicyclic amines) is 1. The number of nitrogens with zero attached hydrogens (tertiary/aromatic N) is 2. The second-order valence-corrected chi connectivity index (χ2v) is 4.32. The molecule has 0 radical (unpaired) electrons. The topological polar surface area (TPSA) is 42.1 Å². The first-order valence-electron chi connectivity index (χ1n) is 5.70. The van der Waals surface area contributed by atoms with Crippen molar-refractivity contribution in [2.24, 2.45) is 11.7 Å². The van der Waals surface area contributed by atoms with Gasteiger partial charge in [0, 0.05) is 18.9 Å². The molecule has 1 aliphatic rings. The average molecular weight is 315 g/mol. The second-order valence-electron chi connectivity index (χ2n) is 4.32. The van der Waals surface area contributed by atoms with Gasteiger partial charge >= 0.3 is 0 Å². The Kier molecular flexibility index (Phi) is 12.2. The van der Waals surface area contributed by atoms with E-state index in [1.165, 1.54) is 31.5 Å². The molecule has 6 heteroatoms. The van der Waals surface area contributed by atoms with E-state index in [2.05, 4.69) is 16.0 Å². The van der Waals surface area contributed by atoms with Crippen LogP contribution in [0.25, 0.3) is 0 Å². The number of hydrogen-bond donors (Lipinski definition) is 1. The Morgan fingerprint density at radius 3 is 2.39 bits per heavy atom. The number of nitrogens with two attached hydrogens (primary N) is 1. The van der Waals surface area contributed by atoms with Gasteiger partial charge < -0.3 is 5.73 Å². The van der Waals surface area contributed by atoms with Gasteiger partial charge in [-0.25, -0.2) is 0 Å². The van der Waals surface area contributed by atoms with Crippen molar-refractivity contribution in [1.29, 1.82) is 0 Å². The summed E-state index contributed by atoms with van der Waals surface area (Å²) in [4.78, 5) is 6.62. The van der Waals surface area contributed by atoms with Crippen LogP contribution >= 0.6 is 37.2 Å². The molecule has 2 rings (SSSR count). The fourth-order valence-electron chi connectivity index (χ4n) is 2.13. The van der Waals surface area contributed by atoms with Crippen LogP contribution in [0.3, 0.4) is 0 Å². The van der Waals surface area contributed by atoms with Crippen molar-refractivity contribution in [3.8, 4) is 0 Å². The van der Waals surface area contributed by atoms with E-state index in [9.17, 15) is 0 Å². The molecule has 0 spiro atoms. The third-order valence-corrected chi connectivity index (χ3v) is 3.17. The van der Waals surface area contributed by atoms with Gasteiger partial charge in [0.1, 0.15) is 0 Å². The second kappa shape index (κ2) is 10.8. The van der Waals surface area contributed by atoms with Crippen molar-refractivity contribution in [3.63, 3.8) is 0 Å². The fourth-order valence-corrected chi connectivity index (χ4v) is 2.13. The summed E-state index contributed by atoms with van der Waals surface area (Å²) in [5.74, 6) is 0.746. The first-order chi connectivity index (χ1) is 7.38. The lowest BCUT2D eigenvalue weighted by Gasteiger charge is -2.31. The molecule has 1 aromatic rings. The van der Waals surface area contributed by atoms with Crippen molar-refractivity contribution in [1.82, 2.24) is 9.88 Å². The van der Waals surface area contributed by atoms with Crippen molar-refractivity contribution in [3.05, 3.63) is 30.1 Å². The minimum absolute atomic E-state index is 0. The minimum Gasteiger partial charge on any atom is -0.330 e. The van der Waals surface area contributed by atoms with E-state index in [0.29, 0.717) is 0 Å². The summed E-state index contributed by atoms with van der Waals surface area (Å²) >= 11 is 0. The van der Waals surface area contributed by atoms with Crippen LogP contribution in [-0.4, -0.2) is 29.5 Å². The van der Waals surface area contributed by atoms with Crippen molar-refractivity contribution in [2.45, 2.75) is 19.4 Å². The number of hydrogen-bond acceptors (Lipinski definition) is 3. The smallest absolute Gasteiger partial charge is 0.0312 e. The largest absolute Gasteiger partial charge is 0.330 e. The molecule has 0 amide bonds. The molecule has 2 heterocycles. The van der Waals surface area contributed by atoms with E-state index in [0.717, 1.165) is 19.0 Å². The molecular formula is C12H22Cl3N3. The zero-order valence-electron chi connectivity index (χ0n) is 10.3. The number of aromatic nitrogens is 1. The maximum atomic E-state index is 5.67. The van der Waals surface area contributed by atoms with Gasteiger partial charge in [0.2, 0.25) is 0 Å². The molecule has 0 bridgehead atoms. The van der Waals surface area contributed by atoms with Gasteiger partial charge in [-0.2, -0.15) is 0 Å². The van der Waals surface area contributed by atoms with Crippen LogP contribution in [0, 0.1) is 5.92 Å². The van der Waals surface area contributed by atoms with Gasteiger partial charge in [0.25, 0.3) is 0 Å². The van der Waals surface area contributed by atoms with E-state index in [1.54, 1.807) is 0 Å². The predicted octanol–water partition coefficient (Wildman–Crippen LogP) is 2.52. The normalized spacial score (nSPS) is 16.1. The third kappa shape index (κ3) is 6.21. The van der Waals surface area contributed by atoms with E-state index >= 15 is 0 Å². The summed E-state index contributed by atoms with van der Waals surface area (Å²) in [5, 5.41) is 0. The lowest BCUT2D eigenvalue weighted by molar-refractivity contribution is 0.180. The van der Waals surface area contributed by atoms with Crippen LogP contribution in [0.1, 0.15) is 18.4 Å². The number of rotatable bonds is 3. The Morgan fingerprint density at radius 1 is 1.22 bits per heavy atom. The quantitative estimate of drug-likeness (QED) is 0.932. The van der Waals surface area contributed by atoms with Gasteiger partial charge in [-0.1, -0.05) is 6.07 Å². The molecule has 3 nitrogen and oxygen atoms in total. The van der Waals surface area contributed by atoms with Crippen LogP contribution in [-0.2, 0) is 6.54 Å². The number of piperidine rings is 1. The van der Waals surface area contributed by atoms with E-state index in [-0.39, 0.29) is 37.2 Å². The highest BCUT2D eigenvalue weighted by molar-refractivity contribution is 5.86. The van der Waals surface area contributed by atoms with Crippen molar-refractivity contribution in [2.75, 3.05) is 19.6 Å². The summed E-state index contributed by atoms with van der Waals surface area (Å²) in [7, 11) is 0. The Morgan fingerprint density at radius 2 is 1.89 bits per heavy atom. The summed E-state index contributed by atoms with van der Waals surface area (Å²) in [6, 6.07) is 4.14. The maximum absolute atomic E-state index is 5.67. The van der Waals surface area contributed by atoms with E-state index in [4.69, 9.17) is 5.73 Å². The molecule has 106 valence electrons. The van der Waals surface area contributed by atoms with Crippen LogP contribution in [0.2, 0.25) is 0 Å². The van der Waals surface area contributed by atoms with Crippen LogP contribution in [0.4, 0.5) is 0 Å². The summed E-state index contributed by atoms with van der Waals surface area (Å²) in [5.41, 5.74) is 6.98. The molecule has 18 heavy (non-hydrogen) atoms. The van der Waals surface area contributed by atoms with Gasteiger partial charge in [-0.05, 0) is 50.0 Å². The molecule has 0 saturated carbocycles. The van der Waals surface area contributed by atoms with Crippen molar-refractivity contribution >= 4 is 37.2 Å². The summed E-state index contributed by atoms with van der Waals surface area (Å²) < 4.78 is 0. The Hall–Kier alpha value is -0.0600. The highest BCUT2D eigenvalue weighted by Crippen LogP contribution is 2.17. The molecule has 0 aromatic carbocycles. The molecule has 0 aliphatic carbocycles. The van der Waals surface area contributed by atoms with Gasteiger partial charge in [-0.3, -0.25) is 9.88 Å². The maximum Gasteiger partial charge on any atom is 0.0312 e. The zero-order chi connectivity index (χ0) is 10.5. The monoisotopic (exact) mass is 313 g/mol. The molecule has 2 N–H and O–H groups in total. The Labute approximate surface area is 128 Å². The Bertz CT molecular complexity index is 290. The predicted molar refractivity (Wildman–Crippen MR) is 83.0 cm³/mol. The molecule has 0 unspecified atom stereocenters. The first kappa shape index (κ1) is 20.3. The lowest BCUT2D eigenvalue weighted by atomic mass is 9.97. The van der Waals surface area contributed by atoms with Crippen LogP contribution < -0.4 is 5.73 Å². The average Bonchev–Trinajstić information content (AvgIpc) is 2.31. The number of halogens is 3. The van der Waals surface area contributed by atoms with Gasteiger partial charge in [0.05, 0.1) is 0 Å². The van der Waals surface area contributed by atoms with Gasteiger partial charge in [0.15, 0.2) is 0 Å². The Balaban J connectivity index is 0. The van der Waals surface area contributed by atoms with Crippen LogP contribution in [0.5, 0.6) is 0 Å². The van der Waals surface area contributed by atoms with E-state index < -0.39 is 0 Å². The van der Waals surface area contributed by atoms with E-state index in [1.807, 2.05) is 18.5 Å². The highest BCUT2D eigenvalue weighted by atomic mass is 35.5. The molecule has 1 saturated heterocycles. The molecule has 1 aromatic heterocycles.